The molecular weight excluding hydrogens is 230 g/mol. The fourth-order valence-corrected chi connectivity index (χ4v) is 2.41. The Hall–Kier alpha value is -1.55. The van der Waals surface area contributed by atoms with E-state index in [0.29, 0.717) is 18.7 Å². The first-order chi connectivity index (χ1) is 8.59. The summed E-state index contributed by atoms with van der Waals surface area (Å²) in [5, 5.41) is 19.2. The van der Waals surface area contributed by atoms with Gasteiger partial charge in [0.2, 0.25) is 0 Å². The van der Waals surface area contributed by atoms with E-state index in [9.17, 15) is 15.0 Å². The SMILES string of the molecule is CC(O)C1CCN(C(=O)c2ccccc2O)CC1. The number of nitrogens with zero attached hydrogens (tertiary/aromatic N) is 1. The summed E-state index contributed by atoms with van der Waals surface area (Å²) in [4.78, 5) is 13.9. The molecule has 1 aliphatic heterocycles. The van der Waals surface area contributed by atoms with Gasteiger partial charge in [-0.1, -0.05) is 12.1 Å². The molecule has 18 heavy (non-hydrogen) atoms. The third kappa shape index (κ3) is 2.64. The molecule has 98 valence electrons. The Kier molecular flexibility index (Phi) is 3.87. The number of para-hydroxylation sites is 1. The average Bonchev–Trinajstić information content (AvgIpc) is 2.38. The molecule has 1 amide bonds. The normalized spacial score (nSPS) is 18.7. The van der Waals surface area contributed by atoms with Crippen molar-refractivity contribution in [1.29, 1.82) is 0 Å². The number of hydrogen-bond donors (Lipinski definition) is 2. The predicted molar refractivity (Wildman–Crippen MR) is 68.4 cm³/mol. The van der Waals surface area contributed by atoms with Crippen molar-refractivity contribution in [3.63, 3.8) is 0 Å². The van der Waals surface area contributed by atoms with Crippen molar-refractivity contribution in [3.05, 3.63) is 29.8 Å². The van der Waals surface area contributed by atoms with Crippen LogP contribution in [0.1, 0.15) is 30.1 Å². The number of hydrogen-bond acceptors (Lipinski definition) is 3. The first-order valence-electron chi connectivity index (χ1n) is 6.35. The fraction of sp³-hybridized carbons (Fsp3) is 0.500. The Morgan fingerprint density at radius 1 is 1.33 bits per heavy atom. The zero-order valence-electron chi connectivity index (χ0n) is 10.5. The van der Waals surface area contributed by atoms with Gasteiger partial charge in [-0.2, -0.15) is 0 Å². The summed E-state index contributed by atoms with van der Waals surface area (Å²) < 4.78 is 0. The molecule has 0 aromatic heterocycles. The number of rotatable bonds is 2. The molecule has 1 saturated heterocycles. The molecular formula is C14H19NO3. The number of phenols is 1. The first kappa shape index (κ1) is 12.9. The minimum atomic E-state index is -0.313. The Balaban J connectivity index is 2.02. The van der Waals surface area contributed by atoms with Gasteiger partial charge in [-0.15, -0.1) is 0 Å². The van der Waals surface area contributed by atoms with Gasteiger partial charge in [0.25, 0.3) is 5.91 Å². The van der Waals surface area contributed by atoms with Crippen molar-refractivity contribution in [2.75, 3.05) is 13.1 Å². The van der Waals surface area contributed by atoms with E-state index >= 15 is 0 Å². The minimum absolute atomic E-state index is 0.0279. The second-order valence-corrected chi connectivity index (χ2v) is 4.89. The van der Waals surface area contributed by atoms with Crippen LogP contribution >= 0.6 is 0 Å². The molecule has 0 saturated carbocycles. The molecule has 1 atom stereocenters. The lowest BCUT2D eigenvalue weighted by Crippen LogP contribution is -2.40. The van der Waals surface area contributed by atoms with Crippen LogP contribution in [0.5, 0.6) is 5.75 Å². The Bertz CT molecular complexity index is 423. The van der Waals surface area contributed by atoms with Gasteiger partial charge in [-0.3, -0.25) is 4.79 Å². The molecule has 1 unspecified atom stereocenters. The van der Waals surface area contributed by atoms with Crippen LogP contribution in [0.2, 0.25) is 0 Å². The van der Waals surface area contributed by atoms with Crippen molar-refractivity contribution in [3.8, 4) is 5.75 Å². The molecule has 4 heteroatoms. The van der Waals surface area contributed by atoms with Crippen LogP contribution in [0.15, 0.2) is 24.3 Å². The Morgan fingerprint density at radius 2 is 1.94 bits per heavy atom. The number of phenolic OH excluding ortho intramolecular Hbond substituents is 1. The van der Waals surface area contributed by atoms with Crippen LogP contribution < -0.4 is 0 Å². The highest BCUT2D eigenvalue weighted by Crippen LogP contribution is 2.24. The van der Waals surface area contributed by atoms with E-state index in [0.717, 1.165) is 12.8 Å². The van der Waals surface area contributed by atoms with Crippen LogP contribution in [0.3, 0.4) is 0 Å². The van der Waals surface area contributed by atoms with Gasteiger partial charge in [-0.05, 0) is 37.8 Å². The zero-order chi connectivity index (χ0) is 13.1. The smallest absolute Gasteiger partial charge is 0.257 e. The average molecular weight is 249 g/mol. The van der Waals surface area contributed by atoms with Crippen molar-refractivity contribution in [2.45, 2.75) is 25.9 Å². The highest BCUT2D eigenvalue weighted by Gasteiger charge is 2.26. The second-order valence-electron chi connectivity index (χ2n) is 4.89. The highest BCUT2D eigenvalue weighted by molar-refractivity contribution is 5.96. The van der Waals surface area contributed by atoms with E-state index in [1.807, 2.05) is 0 Å². The Morgan fingerprint density at radius 3 is 2.50 bits per heavy atom. The lowest BCUT2D eigenvalue weighted by molar-refractivity contribution is 0.0519. The van der Waals surface area contributed by atoms with Crippen LogP contribution in [0, 0.1) is 5.92 Å². The summed E-state index contributed by atoms with van der Waals surface area (Å²) in [6, 6.07) is 6.61. The minimum Gasteiger partial charge on any atom is -0.507 e. The van der Waals surface area contributed by atoms with Crippen LogP contribution in [-0.2, 0) is 0 Å². The van der Waals surface area contributed by atoms with Crippen LogP contribution in [-0.4, -0.2) is 40.2 Å². The standard InChI is InChI=1S/C14H19NO3/c1-10(16)11-6-8-15(9-7-11)14(18)12-4-2-3-5-13(12)17/h2-5,10-11,16-17H,6-9H2,1H3. The maximum Gasteiger partial charge on any atom is 0.257 e. The van der Waals surface area contributed by atoms with E-state index in [1.54, 1.807) is 30.0 Å². The number of carbonyl (C=O) groups excluding carboxylic acids is 1. The molecule has 4 nitrogen and oxygen atoms in total. The van der Waals surface area contributed by atoms with Gasteiger partial charge in [0.15, 0.2) is 0 Å². The van der Waals surface area contributed by atoms with Gasteiger partial charge in [0.05, 0.1) is 11.7 Å². The van der Waals surface area contributed by atoms with Crippen LogP contribution in [0.25, 0.3) is 0 Å². The van der Waals surface area contributed by atoms with Gasteiger partial charge < -0.3 is 15.1 Å². The quantitative estimate of drug-likeness (QED) is 0.837. The molecule has 0 bridgehead atoms. The third-order valence-electron chi connectivity index (χ3n) is 3.64. The number of amides is 1. The van der Waals surface area contributed by atoms with Crippen molar-refractivity contribution >= 4 is 5.91 Å². The highest BCUT2D eigenvalue weighted by atomic mass is 16.3. The predicted octanol–water partition coefficient (Wildman–Crippen LogP) is 1.63. The van der Waals surface area contributed by atoms with E-state index in [4.69, 9.17) is 0 Å². The number of aliphatic hydroxyl groups is 1. The van der Waals surface area contributed by atoms with Crippen LogP contribution in [0.4, 0.5) is 0 Å². The summed E-state index contributed by atoms with van der Waals surface area (Å²) in [6.07, 6.45) is 1.32. The molecule has 1 heterocycles. The Labute approximate surface area is 107 Å². The number of carbonyl (C=O) groups is 1. The summed E-state index contributed by atoms with van der Waals surface area (Å²) in [5.74, 6) is 0.177. The lowest BCUT2D eigenvalue weighted by Gasteiger charge is -2.33. The summed E-state index contributed by atoms with van der Waals surface area (Å²) >= 11 is 0. The molecule has 1 aromatic rings. The zero-order valence-corrected chi connectivity index (χ0v) is 10.5. The number of aromatic hydroxyl groups is 1. The molecule has 0 aliphatic carbocycles. The van der Waals surface area contributed by atoms with Crippen molar-refractivity contribution in [1.82, 2.24) is 4.90 Å². The second kappa shape index (κ2) is 5.40. The largest absolute Gasteiger partial charge is 0.507 e. The molecule has 0 radical (unpaired) electrons. The monoisotopic (exact) mass is 249 g/mol. The first-order valence-corrected chi connectivity index (χ1v) is 6.35. The van der Waals surface area contributed by atoms with E-state index < -0.39 is 0 Å². The van der Waals surface area contributed by atoms with E-state index in [1.165, 1.54) is 6.07 Å². The number of piperidine rings is 1. The third-order valence-corrected chi connectivity index (χ3v) is 3.64. The molecule has 2 N–H and O–H groups in total. The fourth-order valence-electron chi connectivity index (χ4n) is 2.41. The van der Waals surface area contributed by atoms with E-state index in [2.05, 4.69) is 0 Å². The van der Waals surface area contributed by atoms with Gasteiger partial charge >= 0.3 is 0 Å². The summed E-state index contributed by atoms with van der Waals surface area (Å²) in [6.45, 7) is 3.08. The maximum absolute atomic E-state index is 12.2. The molecule has 1 aliphatic rings. The van der Waals surface area contributed by atoms with Crippen molar-refractivity contribution in [2.24, 2.45) is 5.92 Å². The molecule has 1 aromatic carbocycles. The summed E-state index contributed by atoms with van der Waals surface area (Å²) in [5.41, 5.74) is 0.355. The number of likely N-dealkylation sites (tertiary alicyclic amines) is 1. The number of benzene rings is 1. The van der Waals surface area contributed by atoms with Crippen molar-refractivity contribution < 1.29 is 15.0 Å². The van der Waals surface area contributed by atoms with Gasteiger partial charge in [-0.25, -0.2) is 0 Å². The van der Waals surface area contributed by atoms with Gasteiger partial charge in [0, 0.05) is 13.1 Å². The molecule has 2 rings (SSSR count). The molecule has 0 spiro atoms. The lowest BCUT2D eigenvalue weighted by atomic mass is 9.92. The maximum atomic E-state index is 12.2. The van der Waals surface area contributed by atoms with E-state index in [-0.39, 0.29) is 23.7 Å². The summed E-state index contributed by atoms with van der Waals surface area (Å²) in [7, 11) is 0. The van der Waals surface area contributed by atoms with Gasteiger partial charge in [0.1, 0.15) is 5.75 Å². The molecule has 1 fully saturated rings. The topological polar surface area (TPSA) is 60.8 Å². The number of aliphatic hydroxyl groups excluding tert-OH is 1.